The molecule has 0 aliphatic carbocycles. The van der Waals surface area contributed by atoms with Crippen molar-refractivity contribution < 1.29 is 35.1 Å². The average Bonchev–Trinajstić information content (AvgIpc) is 2.57. The van der Waals surface area contributed by atoms with Gasteiger partial charge in [0.25, 0.3) is 5.82 Å². The molecule has 0 amide bonds. The molecule has 1 heterocycles. The maximum Gasteiger partial charge on any atom is 0.304 e. The van der Waals surface area contributed by atoms with Crippen molar-refractivity contribution in [3.8, 4) is 0 Å². The van der Waals surface area contributed by atoms with Gasteiger partial charge in [0.15, 0.2) is 0 Å². The Balaban J connectivity index is 0.000000555. The second-order valence-electron chi connectivity index (χ2n) is 3.62. The molecule has 0 atom stereocenters. The maximum absolute atomic E-state index is 10.6. The lowest BCUT2D eigenvalue weighted by atomic mass is 10.2. The minimum atomic E-state index is -4.92. The van der Waals surface area contributed by atoms with E-state index in [4.69, 9.17) is 22.1 Å². The molecule has 0 aliphatic rings. The summed E-state index contributed by atoms with van der Waals surface area (Å²) in [5.74, 6) is 0.444. The molecule has 3 N–H and O–H groups in total. The van der Waals surface area contributed by atoms with E-state index in [9.17, 15) is 8.42 Å². The Morgan fingerprint density at radius 2 is 1.84 bits per heavy atom. The van der Waals surface area contributed by atoms with E-state index in [1.807, 2.05) is 0 Å². The van der Waals surface area contributed by atoms with Gasteiger partial charge in [0.1, 0.15) is 12.4 Å². The van der Waals surface area contributed by atoms with Crippen molar-refractivity contribution in [3.63, 3.8) is 0 Å². The third-order valence-corrected chi connectivity index (χ3v) is 2.52. The van der Waals surface area contributed by atoms with Gasteiger partial charge in [-0.15, -0.1) is 0 Å². The molecule has 0 fully saturated rings. The number of H-pyrrole nitrogens is 1. The molecule has 19 heavy (non-hydrogen) atoms. The molecule has 0 saturated heterocycles. The van der Waals surface area contributed by atoms with E-state index in [0.717, 1.165) is 25.1 Å². The smallest absolute Gasteiger partial charge is 0.304 e. The molecule has 112 valence electrons. The highest BCUT2D eigenvalue weighted by Gasteiger charge is 2.15. The number of rotatable bonds is 5. The molecule has 0 aromatic carbocycles. The number of nitrogens with zero attached hydrogens (tertiary/aromatic N) is 1. The molecule has 0 unspecified atom stereocenters. The van der Waals surface area contributed by atoms with Crippen molar-refractivity contribution in [2.75, 3.05) is 0 Å². The molecular formula is C8H16N2O7S2. The van der Waals surface area contributed by atoms with Gasteiger partial charge in [-0.25, -0.2) is 18.0 Å². The number of nitrogens with one attached hydrogen (secondary N) is 1. The predicted octanol–water partition coefficient (Wildman–Crippen LogP) is -0.505. The largest absolute Gasteiger partial charge is 0.726 e. The molecule has 0 saturated carbocycles. The normalized spacial score (nSPS) is 11.8. The molecule has 1 aromatic heterocycles. The molecule has 0 spiro atoms. The monoisotopic (exact) mass is 316 g/mol. The lowest BCUT2D eigenvalue weighted by Gasteiger charge is -1.97. The van der Waals surface area contributed by atoms with Gasteiger partial charge in [-0.3, -0.25) is 9.11 Å². The topological polar surface area (TPSA) is 151 Å². The van der Waals surface area contributed by atoms with Crippen LogP contribution in [0, 0.1) is 0 Å². The standard InChI is InChI=1S/C8H14N2O3S.H2O4S/c1-2-3-4-8-9-5-6-10(8)7-14(11,12)13;1-5(2,3)4/h5-6H,2-4,7H2,1H3,(H,11,12,13);(H2,1,2,3,4). The molecule has 0 bridgehead atoms. The highest BCUT2D eigenvalue weighted by atomic mass is 32.3. The zero-order valence-corrected chi connectivity index (χ0v) is 11.8. The van der Waals surface area contributed by atoms with Gasteiger partial charge in [0.05, 0.1) is 0 Å². The molecule has 0 aliphatic heterocycles. The summed E-state index contributed by atoms with van der Waals surface area (Å²) in [4.78, 5) is 2.95. The van der Waals surface area contributed by atoms with E-state index >= 15 is 0 Å². The quantitative estimate of drug-likeness (QED) is 0.376. The molecule has 1 rings (SSSR count). The number of hydrogen-bond donors (Lipinski definition) is 3. The zero-order valence-electron chi connectivity index (χ0n) is 10.2. The summed E-state index contributed by atoms with van der Waals surface area (Å²) in [6.07, 6.45) is 6.10. The Labute approximate surface area is 111 Å². The van der Waals surface area contributed by atoms with Crippen molar-refractivity contribution in [2.45, 2.75) is 32.1 Å². The minimum Gasteiger partial charge on any atom is -0.726 e. The van der Waals surface area contributed by atoms with Crippen LogP contribution in [0.3, 0.4) is 0 Å². The first kappa shape index (κ1) is 18.0. The molecular weight excluding hydrogens is 300 g/mol. The van der Waals surface area contributed by atoms with Gasteiger partial charge in [-0.1, -0.05) is 13.3 Å². The summed E-state index contributed by atoms with van der Waals surface area (Å²) in [6, 6.07) is 0. The molecule has 0 radical (unpaired) electrons. The fraction of sp³-hybridized carbons (Fsp3) is 0.625. The number of unbranched alkanes of at least 4 members (excludes halogenated alkanes) is 1. The summed E-state index contributed by atoms with van der Waals surface area (Å²) >= 11 is 0. The van der Waals surface area contributed by atoms with Gasteiger partial charge < -0.3 is 4.55 Å². The van der Waals surface area contributed by atoms with Crippen LogP contribution in [0.1, 0.15) is 25.6 Å². The van der Waals surface area contributed by atoms with Gasteiger partial charge >= 0.3 is 10.1 Å². The maximum atomic E-state index is 10.6. The summed E-state index contributed by atoms with van der Waals surface area (Å²) < 4.78 is 64.3. The van der Waals surface area contributed by atoms with Crippen LogP contribution in [0.2, 0.25) is 0 Å². The number of aryl methyl sites for hydroxylation is 1. The van der Waals surface area contributed by atoms with Crippen molar-refractivity contribution in [1.82, 2.24) is 4.98 Å². The number of hydrogen-bond acceptors (Lipinski definition) is 5. The fourth-order valence-corrected chi connectivity index (χ4v) is 1.85. The number of aromatic nitrogens is 2. The second-order valence-corrected chi connectivity index (χ2v) is 5.90. The zero-order chi connectivity index (χ0) is 15.1. The molecule has 9 nitrogen and oxygen atoms in total. The third kappa shape index (κ3) is 11.8. The van der Waals surface area contributed by atoms with Crippen LogP contribution in [0.5, 0.6) is 0 Å². The summed E-state index contributed by atoms with van der Waals surface area (Å²) in [5.41, 5.74) is 0. The van der Waals surface area contributed by atoms with Crippen LogP contribution in [0.25, 0.3) is 0 Å². The van der Waals surface area contributed by atoms with Crippen molar-refractivity contribution in [1.29, 1.82) is 0 Å². The van der Waals surface area contributed by atoms with Gasteiger partial charge in [0, 0.05) is 6.42 Å². The Bertz CT molecular complexity index is 568. The van der Waals surface area contributed by atoms with E-state index in [1.165, 1.54) is 4.57 Å². The Kier molecular flexibility index (Phi) is 7.15. The number of aromatic amines is 1. The summed E-state index contributed by atoms with van der Waals surface area (Å²) in [5, 5.41) is 0. The molecule has 1 aromatic rings. The third-order valence-electron chi connectivity index (χ3n) is 1.92. The van der Waals surface area contributed by atoms with Crippen LogP contribution in [0.15, 0.2) is 12.4 Å². The fourth-order valence-electron chi connectivity index (χ4n) is 1.25. The van der Waals surface area contributed by atoms with Crippen LogP contribution < -0.4 is 4.57 Å². The average molecular weight is 316 g/mol. The van der Waals surface area contributed by atoms with Gasteiger partial charge in [-0.2, -0.15) is 8.42 Å². The van der Waals surface area contributed by atoms with E-state index in [2.05, 4.69) is 11.9 Å². The van der Waals surface area contributed by atoms with Crippen LogP contribution in [0.4, 0.5) is 0 Å². The van der Waals surface area contributed by atoms with Crippen molar-refractivity contribution >= 4 is 20.5 Å². The molecule has 11 heteroatoms. The van der Waals surface area contributed by atoms with Crippen LogP contribution in [-0.2, 0) is 32.8 Å². The Hall–Kier alpha value is -1.01. The second kappa shape index (κ2) is 7.55. The van der Waals surface area contributed by atoms with E-state index in [0.29, 0.717) is 0 Å². The number of imidazole rings is 1. The first-order chi connectivity index (χ1) is 8.53. The first-order valence-electron chi connectivity index (χ1n) is 5.22. The Morgan fingerprint density at radius 1 is 1.32 bits per heavy atom. The Morgan fingerprint density at radius 3 is 2.26 bits per heavy atom. The predicted molar refractivity (Wildman–Crippen MR) is 63.5 cm³/mol. The van der Waals surface area contributed by atoms with E-state index in [-0.39, 0.29) is 5.88 Å². The van der Waals surface area contributed by atoms with E-state index < -0.39 is 20.5 Å². The first-order valence-corrected chi connectivity index (χ1v) is 8.19. The van der Waals surface area contributed by atoms with Crippen LogP contribution in [-0.4, -0.2) is 35.5 Å². The van der Waals surface area contributed by atoms with Crippen molar-refractivity contribution in [2.24, 2.45) is 0 Å². The highest BCUT2D eigenvalue weighted by Crippen LogP contribution is 1.97. The lowest BCUT2D eigenvalue weighted by molar-refractivity contribution is -0.684. The summed E-state index contributed by atoms with van der Waals surface area (Å²) in [6.45, 7) is 2.07. The van der Waals surface area contributed by atoms with Gasteiger partial charge in [-0.05, 0) is 6.42 Å². The highest BCUT2D eigenvalue weighted by molar-refractivity contribution is 7.84. The van der Waals surface area contributed by atoms with Gasteiger partial charge in [0.2, 0.25) is 16.3 Å². The summed E-state index contributed by atoms with van der Waals surface area (Å²) in [7, 11) is -8.87. The van der Waals surface area contributed by atoms with E-state index in [1.54, 1.807) is 12.4 Å². The van der Waals surface area contributed by atoms with Crippen molar-refractivity contribution in [3.05, 3.63) is 18.2 Å². The van der Waals surface area contributed by atoms with Crippen LogP contribution >= 0.6 is 0 Å². The lowest BCUT2D eigenvalue weighted by Crippen LogP contribution is -2.39. The minimum absolute atomic E-state index is 0.379. The SMILES string of the molecule is CCCCc1[nH]cc[n+]1CS(=O)(=O)O.O=S(=O)([O-])O.